The molecule has 0 aromatic heterocycles. The second-order valence-electron chi connectivity index (χ2n) is 4.80. The third-order valence-electron chi connectivity index (χ3n) is 3.51. The number of benzene rings is 2. The Morgan fingerprint density at radius 1 is 1.14 bits per heavy atom. The van der Waals surface area contributed by atoms with Gasteiger partial charge in [-0.2, -0.15) is 0 Å². The molecule has 0 saturated heterocycles. The van der Waals surface area contributed by atoms with Gasteiger partial charge in [-0.05, 0) is 12.1 Å². The van der Waals surface area contributed by atoms with E-state index in [2.05, 4.69) is 11.9 Å². The molecule has 0 radical (unpaired) electrons. The van der Waals surface area contributed by atoms with E-state index in [1.807, 2.05) is 0 Å². The van der Waals surface area contributed by atoms with Crippen molar-refractivity contribution in [2.24, 2.45) is 0 Å². The van der Waals surface area contributed by atoms with E-state index in [-0.39, 0.29) is 6.54 Å². The predicted molar refractivity (Wildman–Crippen MR) is 79.2 cm³/mol. The average molecular weight is 281 g/mol. The number of rotatable bonds is 3. The molecule has 4 nitrogen and oxygen atoms in total. The van der Waals surface area contributed by atoms with Gasteiger partial charge in [0, 0.05) is 17.7 Å². The lowest BCUT2D eigenvalue weighted by molar-refractivity contribution is -0.137. The number of nitrogens with one attached hydrogen (secondary N) is 1. The van der Waals surface area contributed by atoms with Crippen molar-refractivity contribution < 1.29 is 14.6 Å². The Balaban J connectivity index is 2.18. The highest BCUT2D eigenvalue weighted by atomic mass is 16.5. The standard InChI is InChI=1S/C17H15NO3/c1-2-11-18-16(19)17(20)12-7-3-5-9-14(12)21-15-10-6-4-8-13(15)17/h2-10,20H,1,11H2,(H,18,19). The number of carbonyl (C=O) groups excluding carboxylic acids is 1. The van der Waals surface area contributed by atoms with Crippen LogP contribution in [-0.4, -0.2) is 17.6 Å². The minimum Gasteiger partial charge on any atom is -0.457 e. The van der Waals surface area contributed by atoms with Crippen LogP contribution in [0, 0.1) is 0 Å². The van der Waals surface area contributed by atoms with Crippen LogP contribution in [0.5, 0.6) is 11.5 Å². The quantitative estimate of drug-likeness (QED) is 0.849. The first-order chi connectivity index (χ1) is 10.2. The fourth-order valence-corrected chi connectivity index (χ4v) is 2.51. The number of para-hydroxylation sites is 2. The summed E-state index contributed by atoms with van der Waals surface area (Å²) in [5.41, 5.74) is -0.899. The van der Waals surface area contributed by atoms with Crippen molar-refractivity contribution in [1.29, 1.82) is 0 Å². The normalized spacial score (nSPS) is 14.3. The Morgan fingerprint density at radius 2 is 1.67 bits per heavy atom. The van der Waals surface area contributed by atoms with Gasteiger partial charge in [0.2, 0.25) is 5.60 Å². The van der Waals surface area contributed by atoms with Crippen LogP contribution in [0.2, 0.25) is 0 Å². The molecule has 2 aromatic carbocycles. The SMILES string of the molecule is C=CCNC(=O)C1(O)c2ccccc2Oc2ccccc21. The number of hydrogen-bond acceptors (Lipinski definition) is 3. The van der Waals surface area contributed by atoms with Gasteiger partial charge in [-0.3, -0.25) is 4.79 Å². The molecule has 4 heteroatoms. The van der Waals surface area contributed by atoms with Gasteiger partial charge in [-0.25, -0.2) is 0 Å². The second kappa shape index (κ2) is 5.07. The van der Waals surface area contributed by atoms with Crippen molar-refractivity contribution in [3.8, 4) is 11.5 Å². The molecule has 0 aliphatic carbocycles. The molecule has 2 aromatic rings. The first-order valence-electron chi connectivity index (χ1n) is 6.66. The molecule has 1 heterocycles. The summed E-state index contributed by atoms with van der Waals surface area (Å²) in [6, 6.07) is 14.0. The minimum absolute atomic E-state index is 0.284. The number of carbonyl (C=O) groups is 1. The number of hydrogen-bond donors (Lipinski definition) is 2. The van der Waals surface area contributed by atoms with Gasteiger partial charge in [0.25, 0.3) is 5.91 Å². The maximum Gasteiger partial charge on any atom is 0.261 e. The van der Waals surface area contributed by atoms with E-state index in [9.17, 15) is 9.90 Å². The largest absolute Gasteiger partial charge is 0.457 e. The van der Waals surface area contributed by atoms with Gasteiger partial charge >= 0.3 is 0 Å². The van der Waals surface area contributed by atoms with Gasteiger partial charge in [0.1, 0.15) is 11.5 Å². The minimum atomic E-state index is -1.77. The summed E-state index contributed by atoms with van der Waals surface area (Å²) in [5, 5.41) is 13.8. The van der Waals surface area contributed by atoms with E-state index in [4.69, 9.17) is 4.74 Å². The van der Waals surface area contributed by atoms with E-state index in [1.54, 1.807) is 54.6 Å². The van der Waals surface area contributed by atoms with Crippen LogP contribution in [0.15, 0.2) is 61.2 Å². The van der Waals surface area contributed by atoms with Crippen molar-refractivity contribution in [3.05, 3.63) is 72.3 Å². The van der Waals surface area contributed by atoms with Crippen LogP contribution in [0.25, 0.3) is 0 Å². The molecular weight excluding hydrogens is 266 g/mol. The van der Waals surface area contributed by atoms with E-state index in [0.29, 0.717) is 22.6 Å². The summed E-state index contributed by atoms with van der Waals surface area (Å²) in [6.45, 7) is 3.85. The molecule has 1 aliphatic heterocycles. The highest BCUT2D eigenvalue weighted by Gasteiger charge is 2.46. The lowest BCUT2D eigenvalue weighted by Gasteiger charge is -2.34. The van der Waals surface area contributed by atoms with E-state index in [0.717, 1.165) is 0 Å². The number of fused-ring (bicyclic) bond motifs is 2. The Kier molecular flexibility index (Phi) is 3.23. The maximum atomic E-state index is 12.5. The summed E-state index contributed by atoms with van der Waals surface area (Å²) in [6.07, 6.45) is 1.57. The summed E-state index contributed by atoms with van der Waals surface area (Å²) >= 11 is 0. The molecule has 0 atom stereocenters. The summed E-state index contributed by atoms with van der Waals surface area (Å²) in [5.74, 6) is 0.463. The van der Waals surface area contributed by atoms with Gasteiger partial charge in [-0.15, -0.1) is 6.58 Å². The average Bonchev–Trinajstić information content (AvgIpc) is 2.53. The maximum absolute atomic E-state index is 12.5. The number of aliphatic hydroxyl groups is 1. The van der Waals surface area contributed by atoms with Gasteiger partial charge in [0.15, 0.2) is 0 Å². The molecule has 0 spiro atoms. The smallest absolute Gasteiger partial charge is 0.261 e. The van der Waals surface area contributed by atoms with Crippen LogP contribution in [0.3, 0.4) is 0 Å². The Morgan fingerprint density at radius 3 is 2.19 bits per heavy atom. The molecule has 1 amide bonds. The monoisotopic (exact) mass is 281 g/mol. The van der Waals surface area contributed by atoms with Crippen molar-refractivity contribution in [2.75, 3.05) is 6.54 Å². The lowest BCUT2D eigenvalue weighted by atomic mass is 9.82. The fourth-order valence-electron chi connectivity index (χ4n) is 2.51. The van der Waals surface area contributed by atoms with Crippen molar-refractivity contribution in [3.63, 3.8) is 0 Å². The van der Waals surface area contributed by atoms with Crippen molar-refractivity contribution >= 4 is 5.91 Å². The molecule has 0 fully saturated rings. The predicted octanol–water partition coefficient (Wildman–Crippen LogP) is 2.33. The molecule has 3 rings (SSSR count). The van der Waals surface area contributed by atoms with Gasteiger partial charge < -0.3 is 15.2 Å². The highest BCUT2D eigenvalue weighted by Crippen LogP contribution is 2.46. The molecule has 1 aliphatic rings. The van der Waals surface area contributed by atoms with Crippen LogP contribution in [0.1, 0.15) is 11.1 Å². The summed E-state index contributed by atoms with van der Waals surface area (Å²) < 4.78 is 5.77. The molecule has 21 heavy (non-hydrogen) atoms. The van der Waals surface area contributed by atoms with Crippen molar-refractivity contribution in [2.45, 2.75) is 5.60 Å². The summed E-state index contributed by atoms with van der Waals surface area (Å²) in [4.78, 5) is 12.5. The second-order valence-corrected chi connectivity index (χ2v) is 4.80. The van der Waals surface area contributed by atoms with E-state index in [1.165, 1.54) is 0 Å². The lowest BCUT2D eigenvalue weighted by Crippen LogP contribution is -2.46. The van der Waals surface area contributed by atoms with Crippen LogP contribution in [0.4, 0.5) is 0 Å². The van der Waals surface area contributed by atoms with Crippen LogP contribution >= 0.6 is 0 Å². The van der Waals surface area contributed by atoms with E-state index >= 15 is 0 Å². The topological polar surface area (TPSA) is 58.6 Å². The zero-order chi connectivity index (χ0) is 14.9. The fraction of sp³-hybridized carbons (Fsp3) is 0.118. The Hall–Kier alpha value is -2.59. The molecular formula is C17H15NO3. The molecule has 0 unspecified atom stereocenters. The number of ether oxygens (including phenoxy) is 1. The third-order valence-corrected chi connectivity index (χ3v) is 3.51. The summed E-state index contributed by atoms with van der Waals surface area (Å²) in [7, 11) is 0. The molecule has 2 N–H and O–H groups in total. The van der Waals surface area contributed by atoms with Crippen molar-refractivity contribution in [1.82, 2.24) is 5.32 Å². The number of amides is 1. The zero-order valence-corrected chi connectivity index (χ0v) is 11.4. The molecule has 106 valence electrons. The van der Waals surface area contributed by atoms with Crippen LogP contribution in [-0.2, 0) is 10.4 Å². The Labute approximate surface area is 122 Å². The first kappa shape index (κ1) is 13.4. The van der Waals surface area contributed by atoms with E-state index < -0.39 is 11.5 Å². The first-order valence-corrected chi connectivity index (χ1v) is 6.66. The van der Waals surface area contributed by atoms with Gasteiger partial charge in [-0.1, -0.05) is 42.5 Å². The highest BCUT2D eigenvalue weighted by molar-refractivity contribution is 5.92. The zero-order valence-electron chi connectivity index (χ0n) is 11.4. The molecule has 0 bridgehead atoms. The Bertz CT molecular complexity index is 663. The molecule has 0 saturated carbocycles. The third kappa shape index (κ3) is 2.00. The van der Waals surface area contributed by atoms with Crippen LogP contribution < -0.4 is 10.1 Å². The van der Waals surface area contributed by atoms with Gasteiger partial charge in [0.05, 0.1) is 0 Å².